The van der Waals surface area contributed by atoms with Crippen LogP contribution in [-0.4, -0.2) is 55.0 Å². The number of hydrogen-bond acceptors (Lipinski definition) is 3. The van der Waals surface area contributed by atoms with Gasteiger partial charge < -0.3 is 4.90 Å². The molecule has 24 heavy (non-hydrogen) atoms. The van der Waals surface area contributed by atoms with Crippen LogP contribution in [0.3, 0.4) is 0 Å². The molecular weight excluding hydrogens is 324 g/mol. The van der Waals surface area contributed by atoms with Gasteiger partial charge in [-0.1, -0.05) is 18.6 Å². The van der Waals surface area contributed by atoms with Crippen molar-refractivity contribution in [3.8, 4) is 0 Å². The Bertz CT molecular complexity index is 583. The Kier molecular flexibility index (Phi) is 5.65. The molecule has 1 amide bonds. The van der Waals surface area contributed by atoms with Gasteiger partial charge in [-0.05, 0) is 51.4 Å². The zero-order valence-electron chi connectivity index (χ0n) is 14.7. The van der Waals surface area contributed by atoms with Crippen LogP contribution >= 0.6 is 0 Å². The Morgan fingerprint density at radius 3 is 2.29 bits per heavy atom. The van der Waals surface area contributed by atoms with Gasteiger partial charge in [0, 0.05) is 31.1 Å². The van der Waals surface area contributed by atoms with E-state index in [1.165, 1.54) is 6.26 Å². The first kappa shape index (κ1) is 17.9. The van der Waals surface area contributed by atoms with Gasteiger partial charge in [-0.3, -0.25) is 4.79 Å². The minimum absolute atomic E-state index is 0.0642. The summed E-state index contributed by atoms with van der Waals surface area (Å²) in [6.07, 6.45) is 14.1. The van der Waals surface area contributed by atoms with Crippen molar-refractivity contribution in [3.05, 3.63) is 12.2 Å². The number of sulfonamides is 1. The van der Waals surface area contributed by atoms with E-state index in [9.17, 15) is 13.2 Å². The van der Waals surface area contributed by atoms with E-state index in [1.807, 2.05) is 4.90 Å². The molecule has 3 rings (SSSR count). The first-order valence-corrected chi connectivity index (χ1v) is 11.2. The van der Waals surface area contributed by atoms with Crippen molar-refractivity contribution in [1.29, 1.82) is 0 Å². The number of carbonyl (C=O) groups excluding carboxylic acids is 1. The third-order valence-electron chi connectivity index (χ3n) is 5.81. The Morgan fingerprint density at radius 2 is 1.71 bits per heavy atom. The van der Waals surface area contributed by atoms with Gasteiger partial charge >= 0.3 is 0 Å². The molecule has 6 heteroatoms. The van der Waals surface area contributed by atoms with Crippen molar-refractivity contribution >= 4 is 15.9 Å². The standard InChI is InChI=1S/C18H30N2O3S/c1-24(22,23)20(16-9-5-10-16)17-11-6-13-19(14-12-17)18(21)15-7-3-2-4-8-15/h2-3,15-17H,4-14H2,1H3/t15-,17+/m1/s1. The Hall–Kier alpha value is -0.880. The van der Waals surface area contributed by atoms with Gasteiger partial charge in [-0.15, -0.1) is 0 Å². The van der Waals surface area contributed by atoms with Crippen molar-refractivity contribution < 1.29 is 13.2 Å². The molecule has 0 bridgehead atoms. The molecule has 1 saturated heterocycles. The highest BCUT2D eigenvalue weighted by Gasteiger charge is 2.38. The number of likely N-dealkylation sites (tertiary alicyclic amines) is 1. The maximum Gasteiger partial charge on any atom is 0.226 e. The maximum atomic E-state index is 12.7. The van der Waals surface area contributed by atoms with Crippen LogP contribution in [0, 0.1) is 5.92 Å². The lowest BCUT2D eigenvalue weighted by molar-refractivity contribution is -0.135. The average molecular weight is 355 g/mol. The number of allylic oxidation sites excluding steroid dienone is 2. The molecule has 2 aliphatic carbocycles. The summed E-state index contributed by atoms with van der Waals surface area (Å²) in [6.45, 7) is 1.47. The third kappa shape index (κ3) is 4.02. The number of nitrogens with zero attached hydrogens (tertiary/aromatic N) is 2. The van der Waals surface area contributed by atoms with Crippen LogP contribution in [0.1, 0.15) is 57.8 Å². The van der Waals surface area contributed by atoms with Crippen LogP contribution in [-0.2, 0) is 14.8 Å². The van der Waals surface area contributed by atoms with Crippen LogP contribution in [0.15, 0.2) is 12.2 Å². The Morgan fingerprint density at radius 1 is 1.00 bits per heavy atom. The highest BCUT2D eigenvalue weighted by atomic mass is 32.2. The predicted octanol–water partition coefficient (Wildman–Crippen LogP) is 2.54. The molecule has 0 spiro atoms. The lowest BCUT2D eigenvalue weighted by atomic mass is 9.91. The summed E-state index contributed by atoms with van der Waals surface area (Å²) in [5.41, 5.74) is 0. The van der Waals surface area contributed by atoms with Crippen LogP contribution in [0.5, 0.6) is 0 Å². The summed E-state index contributed by atoms with van der Waals surface area (Å²) in [5.74, 6) is 0.402. The van der Waals surface area contributed by atoms with Gasteiger partial charge in [0.1, 0.15) is 0 Å². The molecule has 1 aliphatic heterocycles. The van der Waals surface area contributed by atoms with E-state index in [4.69, 9.17) is 0 Å². The molecule has 136 valence electrons. The number of amides is 1. The summed E-state index contributed by atoms with van der Waals surface area (Å²) >= 11 is 0. The number of carbonyl (C=O) groups is 1. The first-order chi connectivity index (χ1) is 11.5. The van der Waals surface area contributed by atoms with Gasteiger partial charge in [0.15, 0.2) is 0 Å². The SMILES string of the molecule is CS(=O)(=O)N(C1CCC1)[C@H]1CCCN(C(=O)[C@@H]2CC=CCC2)CC1. The fraction of sp³-hybridized carbons (Fsp3) is 0.833. The smallest absolute Gasteiger partial charge is 0.226 e. The van der Waals surface area contributed by atoms with Crippen LogP contribution in [0.2, 0.25) is 0 Å². The van der Waals surface area contributed by atoms with E-state index in [-0.39, 0.29) is 23.9 Å². The van der Waals surface area contributed by atoms with E-state index >= 15 is 0 Å². The summed E-state index contributed by atoms with van der Waals surface area (Å²) in [5, 5.41) is 0. The quantitative estimate of drug-likeness (QED) is 0.729. The molecule has 1 saturated carbocycles. The van der Waals surface area contributed by atoms with Crippen molar-refractivity contribution in [2.45, 2.75) is 69.9 Å². The van der Waals surface area contributed by atoms with Crippen molar-refractivity contribution in [2.24, 2.45) is 5.92 Å². The molecule has 5 nitrogen and oxygen atoms in total. The maximum absolute atomic E-state index is 12.7. The van der Waals surface area contributed by atoms with Crippen molar-refractivity contribution in [2.75, 3.05) is 19.3 Å². The fourth-order valence-corrected chi connectivity index (χ4v) is 5.82. The normalized spacial score (nSPS) is 29.3. The van der Waals surface area contributed by atoms with E-state index in [1.54, 1.807) is 4.31 Å². The lowest BCUT2D eigenvalue weighted by Crippen LogP contribution is -2.50. The molecule has 0 radical (unpaired) electrons. The Labute approximate surface area is 146 Å². The number of hydrogen-bond donors (Lipinski definition) is 0. The van der Waals surface area contributed by atoms with Crippen LogP contribution in [0.4, 0.5) is 0 Å². The Balaban J connectivity index is 1.63. The summed E-state index contributed by atoms with van der Waals surface area (Å²) < 4.78 is 26.3. The second-order valence-corrected chi connectivity index (χ2v) is 9.46. The predicted molar refractivity (Wildman–Crippen MR) is 95.0 cm³/mol. The minimum Gasteiger partial charge on any atom is -0.342 e. The van der Waals surface area contributed by atoms with E-state index in [2.05, 4.69) is 12.2 Å². The molecule has 0 N–H and O–H groups in total. The lowest BCUT2D eigenvalue weighted by Gasteiger charge is -2.40. The van der Waals surface area contributed by atoms with E-state index in [0.29, 0.717) is 6.54 Å². The van der Waals surface area contributed by atoms with Gasteiger partial charge in [0.2, 0.25) is 15.9 Å². The molecule has 2 fully saturated rings. The zero-order chi connectivity index (χ0) is 17.2. The van der Waals surface area contributed by atoms with Crippen LogP contribution < -0.4 is 0 Å². The van der Waals surface area contributed by atoms with Gasteiger partial charge in [-0.2, -0.15) is 4.31 Å². The molecule has 2 atom stereocenters. The number of rotatable bonds is 4. The molecule has 1 heterocycles. The van der Waals surface area contributed by atoms with Crippen molar-refractivity contribution in [3.63, 3.8) is 0 Å². The largest absolute Gasteiger partial charge is 0.342 e. The molecule has 0 aromatic carbocycles. The van der Waals surface area contributed by atoms with Crippen LogP contribution in [0.25, 0.3) is 0 Å². The summed E-state index contributed by atoms with van der Waals surface area (Å²) in [6, 6.07) is 0.255. The van der Waals surface area contributed by atoms with Gasteiger partial charge in [-0.25, -0.2) is 8.42 Å². The highest BCUT2D eigenvalue weighted by Crippen LogP contribution is 2.32. The molecular formula is C18H30N2O3S. The van der Waals surface area contributed by atoms with Crippen molar-refractivity contribution in [1.82, 2.24) is 9.21 Å². The zero-order valence-corrected chi connectivity index (χ0v) is 15.5. The van der Waals surface area contributed by atoms with E-state index in [0.717, 1.165) is 64.3 Å². The first-order valence-electron chi connectivity index (χ1n) is 9.39. The van der Waals surface area contributed by atoms with Gasteiger partial charge in [0.25, 0.3) is 0 Å². The average Bonchev–Trinajstić information content (AvgIpc) is 2.75. The highest BCUT2D eigenvalue weighted by molar-refractivity contribution is 7.88. The van der Waals surface area contributed by atoms with Gasteiger partial charge in [0.05, 0.1) is 6.26 Å². The summed E-state index contributed by atoms with van der Waals surface area (Å²) in [4.78, 5) is 14.7. The molecule has 0 aromatic rings. The fourth-order valence-electron chi connectivity index (χ4n) is 4.31. The summed E-state index contributed by atoms with van der Waals surface area (Å²) in [7, 11) is -3.18. The van der Waals surface area contributed by atoms with E-state index < -0.39 is 10.0 Å². The molecule has 0 aromatic heterocycles. The molecule has 0 unspecified atom stereocenters. The minimum atomic E-state index is -3.18. The topological polar surface area (TPSA) is 57.7 Å². The second kappa shape index (κ2) is 7.56. The monoisotopic (exact) mass is 354 g/mol. The molecule has 3 aliphatic rings. The third-order valence-corrected chi connectivity index (χ3v) is 7.17. The second-order valence-electron chi connectivity index (χ2n) is 7.57.